The van der Waals surface area contributed by atoms with E-state index < -0.39 is 10.7 Å². The number of nitro groups is 1. The molecule has 0 radical (unpaired) electrons. The Bertz CT molecular complexity index is 569. The van der Waals surface area contributed by atoms with Crippen LogP contribution in [0.3, 0.4) is 0 Å². The molecule has 1 N–H and O–H groups in total. The third-order valence-corrected chi connectivity index (χ3v) is 2.42. The van der Waals surface area contributed by atoms with Crippen molar-refractivity contribution in [3.63, 3.8) is 0 Å². The van der Waals surface area contributed by atoms with E-state index in [2.05, 4.69) is 15.0 Å². The highest BCUT2D eigenvalue weighted by Gasteiger charge is 2.16. The lowest BCUT2D eigenvalue weighted by Gasteiger charge is -2.07. The van der Waals surface area contributed by atoms with Crippen molar-refractivity contribution in [2.75, 3.05) is 5.32 Å². The molecule has 0 saturated carbocycles. The van der Waals surface area contributed by atoms with Crippen molar-refractivity contribution in [3.8, 4) is 0 Å². The van der Waals surface area contributed by atoms with Crippen molar-refractivity contribution in [2.24, 2.45) is 0 Å². The van der Waals surface area contributed by atoms with Gasteiger partial charge in [-0.1, -0.05) is 5.16 Å². The maximum atomic E-state index is 13.3. The van der Waals surface area contributed by atoms with Crippen molar-refractivity contribution in [1.29, 1.82) is 0 Å². The minimum Gasteiger partial charge on any atom is -0.374 e. The number of nitrogens with one attached hydrogen (secondary N) is 1. The van der Waals surface area contributed by atoms with Crippen LogP contribution in [0.4, 0.5) is 15.8 Å². The molecule has 2 aromatic rings. The van der Waals surface area contributed by atoms with Crippen molar-refractivity contribution in [2.45, 2.75) is 13.5 Å². The summed E-state index contributed by atoms with van der Waals surface area (Å²) < 4.78 is 17.9. The molecule has 0 atom stereocenters. The average Bonchev–Trinajstić information content (AvgIpc) is 2.83. The molecular weight excluding hydrogens is 241 g/mol. The fourth-order valence-corrected chi connectivity index (χ4v) is 1.48. The number of aryl methyl sites for hydroxylation is 1. The van der Waals surface area contributed by atoms with E-state index in [4.69, 9.17) is 0 Å². The summed E-state index contributed by atoms with van der Waals surface area (Å²) in [6, 6.07) is 3.93. The van der Waals surface area contributed by atoms with Gasteiger partial charge in [-0.25, -0.2) is 4.39 Å². The summed E-state index contributed by atoms with van der Waals surface area (Å²) in [4.78, 5) is 10.2. The summed E-state index contributed by atoms with van der Waals surface area (Å²) in [6.45, 7) is 1.81. The minimum atomic E-state index is -0.631. The molecular formula is C11H10FN3O3. The van der Waals surface area contributed by atoms with Gasteiger partial charge in [-0.3, -0.25) is 10.1 Å². The Labute approximate surface area is 102 Å². The number of nitrogens with zero attached hydrogens (tertiary/aromatic N) is 2. The predicted molar refractivity (Wildman–Crippen MR) is 61.6 cm³/mol. The van der Waals surface area contributed by atoms with Gasteiger partial charge < -0.3 is 9.84 Å². The molecule has 2 rings (SSSR count). The lowest BCUT2D eigenvalue weighted by Crippen LogP contribution is -2.04. The number of hydrogen-bond acceptors (Lipinski definition) is 5. The van der Waals surface area contributed by atoms with Gasteiger partial charge in [0.2, 0.25) is 0 Å². The smallest absolute Gasteiger partial charge is 0.295 e. The van der Waals surface area contributed by atoms with Crippen LogP contribution < -0.4 is 5.32 Å². The molecule has 0 aliphatic rings. The quantitative estimate of drug-likeness (QED) is 0.667. The summed E-state index contributed by atoms with van der Waals surface area (Å²) in [5.74, 6) is -0.603. The topological polar surface area (TPSA) is 81.2 Å². The molecule has 1 aromatic heterocycles. The largest absolute Gasteiger partial charge is 0.374 e. The zero-order valence-electron chi connectivity index (χ0n) is 9.51. The number of anilines is 1. The van der Waals surface area contributed by atoms with E-state index in [1.54, 1.807) is 13.0 Å². The second kappa shape index (κ2) is 4.82. The standard InChI is InChI=1S/C11H10FN3O3/c1-7-4-10(11(15(16)17)5-9(7)12)13-6-8-2-3-18-14-8/h2-5,13H,6H2,1H3. The van der Waals surface area contributed by atoms with Crippen LogP contribution in [0.25, 0.3) is 0 Å². The van der Waals surface area contributed by atoms with Gasteiger partial charge in [-0.2, -0.15) is 0 Å². The number of nitro benzene ring substituents is 1. The second-order valence-corrected chi connectivity index (χ2v) is 3.72. The Morgan fingerprint density at radius 3 is 2.94 bits per heavy atom. The van der Waals surface area contributed by atoms with Gasteiger partial charge in [0, 0.05) is 6.07 Å². The molecule has 0 saturated heterocycles. The Hall–Kier alpha value is -2.44. The fraction of sp³-hybridized carbons (Fsp3) is 0.182. The first kappa shape index (κ1) is 12.0. The molecule has 1 aromatic carbocycles. The van der Waals surface area contributed by atoms with E-state index in [9.17, 15) is 14.5 Å². The summed E-state index contributed by atoms with van der Waals surface area (Å²) in [5.41, 5.74) is 0.887. The van der Waals surface area contributed by atoms with Crippen molar-refractivity contribution in [3.05, 3.63) is 51.7 Å². The summed E-state index contributed by atoms with van der Waals surface area (Å²) >= 11 is 0. The molecule has 7 heteroatoms. The first-order valence-corrected chi connectivity index (χ1v) is 5.15. The van der Waals surface area contributed by atoms with Crippen molar-refractivity contribution < 1.29 is 13.8 Å². The third kappa shape index (κ3) is 2.45. The number of aromatic nitrogens is 1. The van der Waals surface area contributed by atoms with E-state index in [1.165, 1.54) is 12.3 Å². The number of hydrogen-bond donors (Lipinski definition) is 1. The lowest BCUT2D eigenvalue weighted by atomic mass is 10.1. The monoisotopic (exact) mass is 251 g/mol. The average molecular weight is 251 g/mol. The molecule has 0 bridgehead atoms. The summed E-state index contributed by atoms with van der Waals surface area (Å²) in [5, 5.41) is 17.3. The maximum Gasteiger partial charge on any atom is 0.295 e. The van der Waals surface area contributed by atoms with Crippen LogP contribution in [0, 0.1) is 22.9 Å². The van der Waals surface area contributed by atoms with Crippen LogP contribution in [0.15, 0.2) is 29.0 Å². The molecule has 0 spiro atoms. The van der Waals surface area contributed by atoms with Crippen molar-refractivity contribution in [1.82, 2.24) is 5.16 Å². The molecule has 0 fully saturated rings. The van der Waals surface area contributed by atoms with E-state index in [-0.39, 0.29) is 17.9 Å². The molecule has 94 valence electrons. The minimum absolute atomic E-state index is 0.252. The van der Waals surface area contributed by atoms with Crippen LogP contribution in [-0.4, -0.2) is 10.1 Å². The SMILES string of the molecule is Cc1cc(NCc2ccon2)c([N+](=O)[O-])cc1F. The summed E-state index contributed by atoms with van der Waals surface area (Å²) in [7, 11) is 0. The normalized spacial score (nSPS) is 10.3. The van der Waals surface area contributed by atoms with Gasteiger partial charge in [-0.05, 0) is 18.6 Å². The van der Waals surface area contributed by atoms with Crippen LogP contribution in [0.2, 0.25) is 0 Å². The molecule has 1 heterocycles. The van der Waals surface area contributed by atoms with Gasteiger partial charge in [0.05, 0.1) is 17.5 Å². The Balaban J connectivity index is 2.25. The number of halogens is 1. The van der Waals surface area contributed by atoms with Gasteiger partial charge in [0.1, 0.15) is 23.5 Å². The zero-order valence-corrected chi connectivity index (χ0v) is 9.51. The first-order valence-electron chi connectivity index (χ1n) is 5.15. The Morgan fingerprint density at radius 2 is 2.33 bits per heavy atom. The van der Waals surface area contributed by atoms with Crippen LogP contribution in [-0.2, 0) is 6.54 Å². The van der Waals surface area contributed by atoms with Crippen LogP contribution >= 0.6 is 0 Å². The van der Waals surface area contributed by atoms with Crippen LogP contribution in [0.5, 0.6) is 0 Å². The predicted octanol–water partition coefficient (Wildman–Crippen LogP) is 2.64. The molecule has 0 amide bonds. The van der Waals surface area contributed by atoms with E-state index in [1.807, 2.05) is 0 Å². The molecule has 0 unspecified atom stereocenters. The van der Waals surface area contributed by atoms with E-state index >= 15 is 0 Å². The zero-order chi connectivity index (χ0) is 13.1. The lowest BCUT2D eigenvalue weighted by molar-refractivity contribution is -0.384. The molecule has 18 heavy (non-hydrogen) atoms. The highest BCUT2D eigenvalue weighted by molar-refractivity contribution is 5.63. The van der Waals surface area contributed by atoms with Gasteiger partial charge in [-0.15, -0.1) is 0 Å². The fourth-order valence-electron chi connectivity index (χ4n) is 1.48. The van der Waals surface area contributed by atoms with Crippen LogP contribution in [0.1, 0.15) is 11.3 Å². The highest BCUT2D eigenvalue weighted by Crippen LogP contribution is 2.27. The highest BCUT2D eigenvalue weighted by atomic mass is 19.1. The Morgan fingerprint density at radius 1 is 1.56 bits per heavy atom. The molecule has 0 aliphatic heterocycles. The van der Waals surface area contributed by atoms with Crippen molar-refractivity contribution >= 4 is 11.4 Å². The second-order valence-electron chi connectivity index (χ2n) is 3.72. The van der Waals surface area contributed by atoms with Gasteiger partial charge >= 0.3 is 0 Å². The Kier molecular flexibility index (Phi) is 3.22. The van der Waals surface area contributed by atoms with E-state index in [0.717, 1.165) is 6.07 Å². The first-order chi connectivity index (χ1) is 8.58. The number of rotatable bonds is 4. The van der Waals surface area contributed by atoms with Gasteiger partial charge in [0.25, 0.3) is 5.69 Å². The summed E-state index contributed by atoms with van der Waals surface area (Å²) in [6.07, 6.45) is 1.40. The third-order valence-electron chi connectivity index (χ3n) is 2.42. The van der Waals surface area contributed by atoms with Gasteiger partial charge in [0.15, 0.2) is 0 Å². The number of benzene rings is 1. The molecule has 0 aliphatic carbocycles. The maximum absolute atomic E-state index is 13.3. The van der Waals surface area contributed by atoms with E-state index in [0.29, 0.717) is 11.3 Å². The molecule has 6 nitrogen and oxygen atoms in total.